The first-order valence-electron chi connectivity index (χ1n) is 5.45. The molecule has 0 aliphatic carbocycles. The second-order valence-corrected chi connectivity index (χ2v) is 4.16. The molecule has 0 saturated carbocycles. The summed E-state index contributed by atoms with van der Waals surface area (Å²) in [6.45, 7) is 5.08. The Balaban J connectivity index is 1.95. The molecule has 82 valence electrons. The van der Waals surface area contributed by atoms with Crippen LogP contribution < -0.4 is 5.32 Å². The SMILES string of the molecule is Cc1nccc(CN(C)C2CCNC2)n1. The lowest BCUT2D eigenvalue weighted by Gasteiger charge is -2.22. The molecule has 0 amide bonds. The van der Waals surface area contributed by atoms with Crippen molar-refractivity contribution in [1.82, 2.24) is 20.2 Å². The van der Waals surface area contributed by atoms with Crippen LogP contribution in [0.5, 0.6) is 0 Å². The summed E-state index contributed by atoms with van der Waals surface area (Å²) in [6, 6.07) is 2.64. The fourth-order valence-corrected chi connectivity index (χ4v) is 1.99. The largest absolute Gasteiger partial charge is 0.315 e. The molecule has 1 N–H and O–H groups in total. The molecule has 1 fully saturated rings. The van der Waals surface area contributed by atoms with Crippen LogP contribution in [0.25, 0.3) is 0 Å². The topological polar surface area (TPSA) is 41.1 Å². The van der Waals surface area contributed by atoms with E-state index < -0.39 is 0 Å². The van der Waals surface area contributed by atoms with Crippen molar-refractivity contribution in [3.05, 3.63) is 23.8 Å². The Morgan fingerprint density at radius 1 is 1.60 bits per heavy atom. The first kappa shape index (κ1) is 10.5. The lowest BCUT2D eigenvalue weighted by Crippen LogP contribution is -2.33. The maximum Gasteiger partial charge on any atom is 0.125 e. The third-order valence-electron chi connectivity index (χ3n) is 2.90. The minimum Gasteiger partial charge on any atom is -0.315 e. The van der Waals surface area contributed by atoms with Crippen molar-refractivity contribution in [3.63, 3.8) is 0 Å². The van der Waals surface area contributed by atoms with Crippen LogP contribution in [0.15, 0.2) is 12.3 Å². The fourth-order valence-electron chi connectivity index (χ4n) is 1.99. The molecule has 1 aromatic rings. The molecule has 4 heteroatoms. The van der Waals surface area contributed by atoms with E-state index in [1.54, 1.807) is 0 Å². The van der Waals surface area contributed by atoms with E-state index in [4.69, 9.17) is 0 Å². The van der Waals surface area contributed by atoms with E-state index in [1.165, 1.54) is 6.42 Å². The van der Waals surface area contributed by atoms with Crippen molar-refractivity contribution in [1.29, 1.82) is 0 Å². The third kappa shape index (κ3) is 2.73. The zero-order chi connectivity index (χ0) is 10.7. The van der Waals surface area contributed by atoms with Crippen molar-refractivity contribution in [2.75, 3.05) is 20.1 Å². The van der Waals surface area contributed by atoms with Gasteiger partial charge in [0.15, 0.2) is 0 Å². The number of nitrogens with zero attached hydrogens (tertiary/aromatic N) is 3. The number of aromatic nitrogens is 2. The average molecular weight is 206 g/mol. The monoisotopic (exact) mass is 206 g/mol. The van der Waals surface area contributed by atoms with Gasteiger partial charge >= 0.3 is 0 Å². The van der Waals surface area contributed by atoms with E-state index in [2.05, 4.69) is 27.2 Å². The summed E-state index contributed by atoms with van der Waals surface area (Å²) >= 11 is 0. The van der Waals surface area contributed by atoms with Crippen LogP contribution in [0.1, 0.15) is 17.9 Å². The normalized spacial score (nSPS) is 21.1. The first-order chi connectivity index (χ1) is 7.25. The Kier molecular flexibility index (Phi) is 3.28. The van der Waals surface area contributed by atoms with Gasteiger partial charge < -0.3 is 5.32 Å². The van der Waals surface area contributed by atoms with E-state index in [0.717, 1.165) is 31.2 Å². The van der Waals surface area contributed by atoms with Crippen molar-refractivity contribution in [2.24, 2.45) is 0 Å². The third-order valence-corrected chi connectivity index (χ3v) is 2.90. The maximum absolute atomic E-state index is 4.41. The molecule has 2 heterocycles. The van der Waals surface area contributed by atoms with E-state index in [1.807, 2.05) is 19.2 Å². The molecule has 1 aliphatic heterocycles. The van der Waals surface area contributed by atoms with Crippen molar-refractivity contribution in [3.8, 4) is 0 Å². The fraction of sp³-hybridized carbons (Fsp3) is 0.636. The zero-order valence-corrected chi connectivity index (χ0v) is 9.40. The minimum absolute atomic E-state index is 0.653. The second-order valence-electron chi connectivity index (χ2n) is 4.16. The van der Waals surface area contributed by atoms with Crippen LogP contribution in [0.3, 0.4) is 0 Å². The summed E-state index contributed by atoms with van der Waals surface area (Å²) in [5.74, 6) is 0.852. The second kappa shape index (κ2) is 4.68. The van der Waals surface area contributed by atoms with Gasteiger partial charge in [-0.1, -0.05) is 0 Å². The molecule has 1 unspecified atom stereocenters. The Labute approximate surface area is 90.7 Å². The number of aryl methyl sites for hydroxylation is 1. The minimum atomic E-state index is 0.653. The summed E-state index contributed by atoms with van der Waals surface area (Å²) in [4.78, 5) is 10.9. The molecule has 0 bridgehead atoms. The van der Waals surface area contributed by atoms with Crippen LogP contribution in [0, 0.1) is 6.92 Å². The van der Waals surface area contributed by atoms with Gasteiger partial charge in [0.25, 0.3) is 0 Å². The predicted molar refractivity (Wildman–Crippen MR) is 59.5 cm³/mol. The summed E-state index contributed by atoms with van der Waals surface area (Å²) < 4.78 is 0. The molecule has 2 rings (SSSR count). The van der Waals surface area contributed by atoms with Crippen molar-refractivity contribution < 1.29 is 0 Å². The van der Waals surface area contributed by atoms with Gasteiger partial charge in [-0.05, 0) is 33.0 Å². The van der Waals surface area contributed by atoms with E-state index in [-0.39, 0.29) is 0 Å². The summed E-state index contributed by atoms with van der Waals surface area (Å²) in [6.07, 6.45) is 3.07. The number of likely N-dealkylation sites (N-methyl/N-ethyl adjacent to an activating group) is 1. The smallest absolute Gasteiger partial charge is 0.125 e. The summed E-state index contributed by atoms with van der Waals surface area (Å²) in [7, 11) is 2.16. The summed E-state index contributed by atoms with van der Waals surface area (Å²) in [5, 5.41) is 3.38. The van der Waals surface area contributed by atoms with Crippen molar-refractivity contribution >= 4 is 0 Å². The van der Waals surface area contributed by atoms with Gasteiger partial charge in [-0.25, -0.2) is 9.97 Å². The van der Waals surface area contributed by atoms with Crippen LogP contribution in [0.2, 0.25) is 0 Å². The van der Waals surface area contributed by atoms with Gasteiger partial charge in [0.1, 0.15) is 5.82 Å². The highest BCUT2D eigenvalue weighted by molar-refractivity contribution is 5.01. The number of hydrogen-bond donors (Lipinski definition) is 1. The number of rotatable bonds is 3. The standard InChI is InChI=1S/C11H18N4/c1-9-13-6-3-10(14-9)8-15(2)11-4-5-12-7-11/h3,6,11-12H,4-5,7-8H2,1-2H3. The quantitative estimate of drug-likeness (QED) is 0.785. The van der Waals surface area contributed by atoms with E-state index in [0.29, 0.717) is 6.04 Å². The van der Waals surface area contributed by atoms with E-state index >= 15 is 0 Å². The van der Waals surface area contributed by atoms with Gasteiger partial charge in [-0.3, -0.25) is 4.90 Å². The Bertz CT molecular complexity index is 320. The highest BCUT2D eigenvalue weighted by Crippen LogP contribution is 2.09. The Hall–Kier alpha value is -1.00. The molecular weight excluding hydrogens is 188 g/mol. The van der Waals surface area contributed by atoms with Gasteiger partial charge in [0.05, 0.1) is 5.69 Å². The molecule has 0 aromatic carbocycles. The molecule has 0 spiro atoms. The van der Waals surface area contributed by atoms with Crippen LogP contribution >= 0.6 is 0 Å². The zero-order valence-electron chi connectivity index (χ0n) is 9.40. The first-order valence-corrected chi connectivity index (χ1v) is 5.45. The average Bonchev–Trinajstić information content (AvgIpc) is 2.70. The van der Waals surface area contributed by atoms with Gasteiger partial charge in [-0.15, -0.1) is 0 Å². The highest BCUT2D eigenvalue weighted by atomic mass is 15.2. The van der Waals surface area contributed by atoms with Gasteiger partial charge in [0.2, 0.25) is 0 Å². The molecule has 1 atom stereocenters. The van der Waals surface area contributed by atoms with E-state index in [9.17, 15) is 0 Å². The highest BCUT2D eigenvalue weighted by Gasteiger charge is 2.19. The molecule has 1 aliphatic rings. The van der Waals surface area contributed by atoms with Crippen LogP contribution in [-0.4, -0.2) is 41.0 Å². The maximum atomic E-state index is 4.41. The predicted octanol–water partition coefficient (Wildman–Crippen LogP) is 0.579. The molecule has 1 saturated heterocycles. The van der Waals surface area contributed by atoms with Crippen LogP contribution in [0.4, 0.5) is 0 Å². The van der Waals surface area contributed by atoms with Gasteiger partial charge in [0, 0.05) is 25.3 Å². The molecule has 15 heavy (non-hydrogen) atoms. The Morgan fingerprint density at radius 2 is 2.47 bits per heavy atom. The molecule has 4 nitrogen and oxygen atoms in total. The molecular formula is C11H18N4. The lowest BCUT2D eigenvalue weighted by atomic mass is 10.2. The summed E-state index contributed by atoms with van der Waals surface area (Å²) in [5.41, 5.74) is 1.11. The van der Waals surface area contributed by atoms with Crippen LogP contribution in [-0.2, 0) is 6.54 Å². The van der Waals surface area contributed by atoms with Gasteiger partial charge in [-0.2, -0.15) is 0 Å². The molecule has 0 radical (unpaired) electrons. The molecule has 1 aromatic heterocycles. The number of hydrogen-bond acceptors (Lipinski definition) is 4. The van der Waals surface area contributed by atoms with Crippen molar-refractivity contribution in [2.45, 2.75) is 25.9 Å². The lowest BCUT2D eigenvalue weighted by molar-refractivity contribution is 0.246. The number of nitrogens with one attached hydrogen (secondary N) is 1. The Morgan fingerprint density at radius 3 is 3.13 bits per heavy atom.